The lowest BCUT2D eigenvalue weighted by Crippen LogP contribution is -2.65. The van der Waals surface area contributed by atoms with Crippen molar-refractivity contribution in [3.05, 3.63) is 29.1 Å². The Balaban J connectivity index is 1.47. The van der Waals surface area contributed by atoms with Crippen LogP contribution in [0.3, 0.4) is 0 Å². The molecule has 3 N–H and O–H groups in total. The molecule has 3 unspecified atom stereocenters. The standard InChI is InChI=1S/C32H47N3O2/c1-27(2)12-14-32(25(36)37)15-13-30(6)20(21(32)17-27)8-9-23-29(5)16-19-18-34-26(33)35-24(19)28(3,4)22(29)10-11-31(23,30)7/h8,18,21-23H,9-17H2,1-7H3,(H,36,37)(H2,33,34,35)/t21?,22?,23?,29-,30+,31+,32-/m0/s1. The van der Waals surface area contributed by atoms with Crippen LogP contribution >= 0.6 is 0 Å². The number of rotatable bonds is 1. The summed E-state index contributed by atoms with van der Waals surface area (Å²) in [4.78, 5) is 22.0. The van der Waals surface area contributed by atoms with E-state index in [0.717, 1.165) is 50.6 Å². The molecule has 0 radical (unpaired) electrons. The summed E-state index contributed by atoms with van der Waals surface area (Å²) >= 11 is 0. The lowest BCUT2D eigenvalue weighted by Gasteiger charge is -2.70. The summed E-state index contributed by atoms with van der Waals surface area (Å²) < 4.78 is 0. The summed E-state index contributed by atoms with van der Waals surface area (Å²) in [5, 5.41) is 10.6. The second-order valence-corrected chi connectivity index (χ2v) is 15.7. The van der Waals surface area contributed by atoms with Crippen LogP contribution in [0.4, 0.5) is 5.95 Å². The molecule has 37 heavy (non-hydrogen) atoms. The van der Waals surface area contributed by atoms with E-state index < -0.39 is 11.4 Å². The molecular formula is C32H47N3O2. The van der Waals surface area contributed by atoms with Crippen molar-refractivity contribution in [2.45, 2.75) is 112 Å². The van der Waals surface area contributed by atoms with E-state index in [4.69, 9.17) is 10.7 Å². The van der Waals surface area contributed by atoms with E-state index in [1.54, 1.807) is 0 Å². The minimum absolute atomic E-state index is 0.0446. The molecule has 7 atom stereocenters. The summed E-state index contributed by atoms with van der Waals surface area (Å²) in [7, 11) is 0. The Kier molecular flexibility index (Phi) is 5.06. The van der Waals surface area contributed by atoms with Crippen molar-refractivity contribution in [1.29, 1.82) is 0 Å². The van der Waals surface area contributed by atoms with Crippen LogP contribution in [0, 0.1) is 44.8 Å². The molecule has 0 saturated heterocycles. The largest absolute Gasteiger partial charge is 0.481 e. The summed E-state index contributed by atoms with van der Waals surface area (Å²) in [6.07, 6.45) is 13.6. The molecule has 1 aromatic heterocycles. The maximum absolute atomic E-state index is 12.9. The van der Waals surface area contributed by atoms with E-state index in [1.807, 2.05) is 6.20 Å². The first-order chi connectivity index (χ1) is 17.1. The molecule has 0 bridgehead atoms. The third-order valence-corrected chi connectivity index (χ3v) is 13.3. The molecule has 0 spiro atoms. The molecule has 3 fully saturated rings. The molecular weight excluding hydrogens is 458 g/mol. The van der Waals surface area contributed by atoms with E-state index in [0.29, 0.717) is 17.8 Å². The molecule has 5 nitrogen and oxygen atoms in total. The maximum atomic E-state index is 12.9. The number of allylic oxidation sites excluding steroid dienone is 2. The third kappa shape index (κ3) is 3.06. The molecule has 0 aromatic carbocycles. The van der Waals surface area contributed by atoms with Gasteiger partial charge in [0.15, 0.2) is 0 Å². The van der Waals surface area contributed by atoms with Crippen molar-refractivity contribution in [2.24, 2.45) is 44.8 Å². The number of aliphatic carboxylic acids is 1. The second kappa shape index (κ2) is 7.39. The highest BCUT2D eigenvalue weighted by molar-refractivity contribution is 5.76. The van der Waals surface area contributed by atoms with Gasteiger partial charge in [-0.1, -0.05) is 60.1 Å². The predicted octanol–water partition coefficient (Wildman–Crippen LogP) is 6.96. The van der Waals surface area contributed by atoms with Crippen molar-refractivity contribution in [1.82, 2.24) is 9.97 Å². The summed E-state index contributed by atoms with van der Waals surface area (Å²) in [6, 6.07) is 0. The van der Waals surface area contributed by atoms with Gasteiger partial charge in [0.25, 0.3) is 0 Å². The topological polar surface area (TPSA) is 89.1 Å². The number of carboxylic acids is 1. The predicted molar refractivity (Wildman–Crippen MR) is 147 cm³/mol. The van der Waals surface area contributed by atoms with Crippen LogP contribution in [-0.2, 0) is 16.6 Å². The Morgan fingerprint density at radius 2 is 1.70 bits per heavy atom. The van der Waals surface area contributed by atoms with Gasteiger partial charge in [0.1, 0.15) is 0 Å². The average Bonchev–Trinajstić information content (AvgIpc) is 2.79. The minimum atomic E-state index is -0.575. The highest BCUT2D eigenvalue weighted by Crippen LogP contribution is 2.75. The van der Waals surface area contributed by atoms with Gasteiger partial charge in [0, 0.05) is 11.6 Å². The zero-order valence-corrected chi connectivity index (χ0v) is 24.1. The van der Waals surface area contributed by atoms with Crippen molar-refractivity contribution >= 4 is 11.9 Å². The molecule has 5 aliphatic carbocycles. The van der Waals surface area contributed by atoms with Gasteiger partial charge < -0.3 is 10.8 Å². The quantitative estimate of drug-likeness (QED) is 0.403. The first-order valence-corrected chi connectivity index (χ1v) is 14.7. The summed E-state index contributed by atoms with van der Waals surface area (Å²) in [6.45, 7) is 17.1. The number of hydrogen-bond acceptors (Lipinski definition) is 4. The van der Waals surface area contributed by atoms with Crippen molar-refractivity contribution in [3.8, 4) is 0 Å². The van der Waals surface area contributed by atoms with Crippen molar-refractivity contribution < 1.29 is 9.90 Å². The van der Waals surface area contributed by atoms with Crippen molar-refractivity contribution in [3.63, 3.8) is 0 Å². The fourth-order valence-electron chi connectivity index (χ4n) is 11.1. The van der Waals surface area contributed by atoms with Crippen LogP contribution in [0.15, 0.2) is 17.8 Å². The SMILES string of the molecule is CC1(C)CC[C@]2(C(=O)O)CC[C@]3(C)C(=CCC4[C@@]5(C)Cc6cnc(N)nc6C(C)(C)C5CC[C@]43C)C2C1. The van der Waals surface area contributed by atoms with Gasteiger partial charge in [-0.25, -0.2) is 9.97 Å². The first-order valence-electron chi connectivity index (χ1n) is 14.7. The van der Waals surface area contributed by atoms with Gasteiger partial charge >= 0.3 is 5.97 Å². The monoisotopic (exact) mass is 505 g/mol. The average molecular weight is 506 g/mol. The number of carbonyl (C=O) groups is 1. The minimum Gasteiger partial charge on any atom is -0.481 e. The number of hydrogen-bond donors (Lipinski definition) is 2. The number of carboxylic acid groups (broad SMARTS) is 1. The molecule has 5 aliphatic rings. The van der Waals surface area contributed by atoms with Crippen LogP contribution in [0.1, 0.15) is 111 Å². The number of aromatic nitrogens is 2. The van der Waals surface area contributed by atoms with Crippen LogP contribution in [0.25, 0.3) is 0 Å². The highest BCUT2D eigenvalue weighted by atomic mass is 16.4. The highest BCUT2D eigenvalue weighted by Gasteiger charge is 2.69. The number of nitrogens with zero attached hydrogens (tertiary/aromatic N) is 2. The Bertz CT molecular complexity index is 1200. The van der Waals surface area contributed by atoms with Gasteiger partial charge in [0.2, 0.25) is 5.95 Å². The number of nitrogens with two attached hydrogens (primary N) is 1. The van der Waals surface area contributed by atoms with E-state index in [-0.39, 0.29) is 33.0 Å². The van der Waals surface area contributed by atoms with Crippen LogP contribution in [-0.4, -0.2) is 21.0 Å². The summed E-state index contributed by atoms with van der Waals surface area (Å²) in [5.74, 6) is 1.08. The van der Waals surface area contributed by atoms with Gasteiger partial charge in [0.05, 0.1) is 11.1 Å². The molecule has 202 valence electrons. The number of anilines is 1. The zero-order valence-electron chi connectivity index (χ0n) is 24.1. The van der Waals surface area contributed by atoms with Crippen LogP contribution in [0.5, 0.6) is 0 Å². The van der Waals surface area contributed by atoms with E-state index in [2.05, 4.69) is 59.5 Å². The molecule has 0 amide bonds. The van der Waals surface area contributed by atoms with Gasteiger partial charge in [-0.15, -0.1) is 0 Å². The Morgan fingerprint density at radius 3 is 2.41 bits per heavy atom. The van der Waals surface area contributed by atoms with E-state index in [1.165, 1.54) is 24.0 Å². The lowest BCUT2D eigenvalue weighted by atomic mass is 9.33. The fraction of sp³-hybridized carbons (Fsp3) is 0.781. The smallest absolute Gasteiger partial charge is 0.310 e. The fourth-order valence-corrected chi connectivity index (χ4v) is 11.1. The molecule has 1 heterocycles. The zero-order chi connectivity index (χ0) is 26.8. The second-order valence-electron chi connectivity index (χ2n) is 15.7. The molecule has 6 rings (SSSR count). The van der Waals surface area contributed by atoms with Gasteiger partial charge in [-0.05, 0) is 103 Å². The molecule has 1 aromatic rings. The Labute approximate surface area is 223 Å². The molecule has 5 heteroatoms. The molecule has 3 saturated carbocycles. The normalized spacial score (nSPS) is 45.3. The van der Waals surface area contributed by atoms with Gasteiger partial charge in [-0.2, -0.15) is 0 Å². The number of fused-ring (bicyclic) bond motifs is 8. The third-order valence-electron chi connectivity index (χ3n) is 13.3. The van der Waals surface area contributed by atoms with E-state index >= 15 is 0 Å². The Hall–Kier alpha value is -1.91. The number of nitrogen functional groups attached to an aromatic ring is 1. The van der Waals surface area contributed by atoms with Crippen LogP contribution in [0.2, 0.25) is 0 Å². The summed E-state index contributed by atoms with van der Waals surface area (Å²) in [5.41, 5.74) is 9.88. The molecule has 0 aliphatic heterocycles. The van der Waals surface area contributed by atoms with Gasteiger partial charge in [-0.3, -0.25) is 4.79 Å². The Morgan fingerprint density at radius 1 is 1.00 bits per heavy atom. The van der Waals surface area contributed by atoms with Crippen molar-refractivity contribution in [2.75, 3.05) is 5.73 Å². The first kappa shape index (κ1) is 25.4. The van der Waals surface area contributed by atoms with Crippen LogP contribution < -0.4 is 5.73 Å². The maximum Gasteiger partial charge on any atom is 0.310 e. The lowest BCUT2D eigenvalue weighted by molar-refractivity contribution is -0.177. The van der Waals surface area contributed by atoms with E-state index in [9.17, 15) is 9.90 Å².